The Morgan fingerprint density at radius 2 is 1.16 bits per heavy atom. The van der Waals surface area contributed by atoms with Crippen molar-refractivity contribution in [2.75, 3.05) is 47.5 Å². The molecule has 0 N–H and O–H groups in total. The second kappa shape index (κ2) is 29.4. The van der Waals surface area contributed by atoms with Crippen molar-refractivity contribution in [2.45, 2.75) is 155 Å². The molecule has 0 saturated heterocycles. The molecule has 9 heteroatoms. The summed E-state index contributed by atoms with van der Waals surface area (Å²) in [6, 6.07) is 0. The van der Waals surface area contributed by atoms with Gasteiger partial charge in [0.1, 0.15) is 13.2 Å². The quantitative estimate of drug-likeness (QED) is 0.0264. The van der Waals surface area contributed by atoms with E-state index in [1.165, 1.54) is 51.4 Å². The van der Waals surface area contributed by atoms with E-state index in [2.05, 4.69) is 26.0 Å². The summed E-state index contributed by atoms with van der Waals surface area (Å²) in [4.78, 5) is 36.5. The molecule has 0 aliphatic rings. The first-order valence-corrected chi connectivity index (χ1v) is 17.8. The molecule has 0 aromatic rings. The second-order valence-corrected chi connectivity index (χ2v) is 13.2. The highest BCUT2D eigenvalue weighted by Gasteiger charge is 2.21. The fourth-order valence-electron chi connectivity index (χ4n) is 4.63. The minimum atomic E-state index is -1.61. The van der Waals surface area contributed by atoms with Gasteiger partial charge < -0.3 is 33.3 Å². The Morgan fingerprint density at radius 1 is 0.644 bits per heavy atom. The first-order valence-electron chi connectivity index (χ1n) is 17.8. The van der Waals surface area contributed by atoms with Gasteiger partial charge in [0.25, 0.3) is 0 Å². The lowest BCUT2D eigenvalue weighted by molar-refractivity contribution is -0.870. The summed E-state index contributed by atoms with van der Waals surface area (Å²) in [5.74, 6) is -2.30. The molecule has 0 aromatic heterocycles. The topological polar surface area (TPSA) is 111 Å². The minimum absolute atomic E-state index is 0.148. The molecule has 0 radical (unpaired) electrons. The van der Waals surface area contributed by atoms with Gasteiger partial charge in [0, 0.05) is 12.8 Å². The van der Waals surface area contributed by atoms with Gasteiger partial charge in [-0.05, 0) is 32.1 Å². The van der Waals surface area contributed by atoms with E-state index in [4.69, 9.17) is 18.9 Å². The van der Waals surface area contributed by atoms with Gasteiger partial charge in [-0.2, -0.15) is 0 Å². The molecule has 0 heterocycles. The fourth-order valence-corrected chi connectivity index (χ4v) is 4.63. The Bertz CT molecular complexity index is 765. The van der Waals surface area contributed by atoms with Crippen LogP contribution in [0.4, 0.5) is 0 Å². The summed E-state index contributed by atoms with van der Waals surface area (Å²) in [7, 11) is 5.89. The Hall–Kier alpha value is -1.97. The van der Waals surface area contributed by atoms with Gasteiger partial charge in [0.05, 0.1) is 40.3 Å². The zero-order valence-electron chi connectivity index (χ0n) is 29.5. The number of hydrogen-bond donors (Lipinski definition) is 0. The summed E-state index contributed by atoms with van der Waals surface area (Å²) < 4.78 is 22.3. The van der Waals surface area contributed by atoms with Crippen LogP contribution in [0, 0.1) is 0 Å². The number of carboxylic acids is 1. The minimum Gasteiger partial charge on any atom is -0.545 e. The Morgan fingerprint density at radius 3 is 1.71 bits per heavy atom. The second-order valence-electron chi connectivity index (χ2n) is 13.2. The molecule has 0 aliphatic carbocycles. The van der Waals surface area contributed by atoms with Gasteiger partial charge in [0.15, 0.2) is 12.4 Å². The van der Waals surface area contributed by atoms with Crippen molar-refractivity contribution < 1.29 is 42.9 Å². The van der Waals surface area contributed by atoms with Crippen molar-refractivity contribution in [3.63, 3.8) is 0 Å². The van der Waals surface area contributed by atoms with Gasteiger partial charge in [-0.25, -0.2) is 0 Å². The molecule has 0 spiro atoms. The molecule has 9 nitrogen and oxygen atoms in total. The van der Waals surface area contributed by atoms with E-state index in [9.17, 15) is 19.5 Å². The first kappa shape index (κ1) is 43.0. The van der Waals surface area contributed by atoms with E-state index >= 15 is 0 Å². The van der Waals surface area contributed by atoms with E-state index in [1.807, 2.05) is 21.1 Å². The Balaban J connectivity index is 4.60. The summed E-state index contributed by atoms with van der Waals surface area (Å²) in [5.41, 5.74) is 0. The van der Waals surface area contributed by atoms with Crippen LogP contribution in [0.5, 0.6) is 0 Å². The third-order valence-electron chi connectivity index (χ3n) is 7.51. The van der Waals surface area contributed by atoms with E-state index in [0.29, 0.717) is 23.9 Å². The smallest absolute Gasteiger partial charge is 0.306 e. The first-order chi connectivity index (χ1) is 21.6. The highest BCUT2D eigenvalue weighted by atomic mass is 16.7. The third kappa shape index (κ3) is 30.4. The number of ether oxygens (including phenoxy) is 4. The van der Waals surface area contributed by atoms with Crippen molar-refractivity contribution in [3.8, 4) is 0 Å². The monoisotopic (exact) mass is 641 g/mol. The number of hydrogen-bond acceptors (Lipinski definition) is 8. The Labute approximate surface area is 275 Å². The number of unbranched alkanes of at least 4 members (excludes halogenated alkanes) is 15. The summed E-state index contributed by atoms with van der Waals surface area (Å²) in [5, 5.41) is 11.6. The number of esters is 2. The van der Waals surface area contributed by atoms with Crippen LogP contribution in [0.15, 0.2) is 12.2 Å². The average Bonchev–Trinajstić information content (AvgIpc) is 2.98. The van der Waals surface area contributed by atoms with Crippen LogP contribution in [-0.2, 0) is 33.3 Å². The zero-order valence-corrected chi connectivity index (χ0v) is 29.5. The van der Waals surface area contributed by atoms with Crippen LogP contribution in [0.25, 0.3) is 0 Å². The van der Waals surface area contributed by atoms with Gasteiger partial charge >= 0.3 is 11.9 Å². The molecule has 264 valence electrons. The number of allylic oxidation sites excluding steroid dienone is 2. The molecule has 0 amide bonds. The maximum atomic E-state index is 12.6. The lowest BCUT2D eigenvalue weighted by atomic mass is 10.1. The van der Waals surface area contributed by atoms with Crippen LogP contribution < -0.4 is 5.11 Å². The number of nitrogens with zero attached hydrogens (tertiary/aromatic N) is 1. The number of carboxylic acid groups (broad SMARTS) is 1. The van der Waals surface area contributed by atoms with Gasteiger partial charge in [0.2, 0.25) is 0 Å². The van der Waals surface area contributed by atoms with E-state index in [-0.39, 0.29) is 32.2 Å². The molecule has 0 rings (SSSR count). The van der Waals surface area contributed by atoms with E-state index in [1.54, 1.807) is 0 Å². The number of likely N-dealkylation sites (N-methyl/N-ethyl adjacent to an activating group) is 1. The summed E-state index contributed by atoms with van der Waals surface area (Å²) >= 11 is 0. The molecule has 0 aliphatic heterocycles. The molecule has 0 aromatic carbocycles. The highest BCUT2D eigenvalue weighted by Crippen LogP contribution is 2.13. The van der Waals surface area contributed by atoms with Crippen LogP contribution >= 0.6 is 0 Å². The van der Waals surface area contributed by atoms with Crippen molar-refractivity contribution in [3.05, 3.63) is 12.2 Å². The van der Waals surface area contributed by atoms with Crippen LogP contribution in [0.1, 0.15) is 142 Å². The summed E-state index contributed by atoms with van der Waals surface area (Å²) in [6.45, 7) is 4.64. The fraction of sp³-hybridized carbons (Fsp3) is 0.861. The maximum absolute atomic E-state index is 12.6. The summed E-state index contributed by atoms with van der Waals surface area (Å²) in [6.07, 6.45) is 22.5. The largest absolute Gasteiger partial charge is 0.545 e. The van der Waals surface area contributed by atoms with Crippen molar-refractivity contribution in [1.82, 2.24) is 0 Å². The predicted octanol–water partition coefficient (Wildman–Crippen LogP) is 6.65. The van der Waals surface area contributed by atoms with Crippen molar-refractivity contribution in [1.29, 1.82) is 0 Å². The predicted molar refractivity (Wildman–Crippen MR) is 177 cm³/mol. The van der Waals surface area contributed by atoms with Gasteiger partial charge in [-0.1, -0.05) is 109 Å². The molecular formula is C36H67NO8. The highest BCUT2D eigenvalue weighted by molar-refractivity contribution is 5.70. The molecule has 0 saturated carbocycles. The van der Waals surface area contributed by atoms with Gasteiger partial charge in [-0.15, -0.1) is 0 Å². The molecule has 0 bridgehead atoms. The average molecular weight is 642 g/mol. The van der Waals surface area contributed by atoms with E-state index in [0.717, 1.165) is 57.8 Å². The number of aliphatic carboxylic acids is 1. The number of carbonyl (C=O) groups excluding carboxylic acids is 3. The Kier molecular flexibility index (Phi) is 28.1. The molecule has 2 unspecified atom stereocenters. The van der Waals surface area contributed by atoms with Crippen LogP contribution in [0.3, 0.4) is 0 Å². The molecular weight excluding hydrogens is 574 g/mol. The third-order valence-corrected chi connectivity index (χ3v) is 7.51. The molecule has 0 fully saturated rings. The van der Waals surface area contributed by atoms with Gasteiger partial charge in [-0.3, -0.25) is 9.59 Å². The SMILES string of the molecule is CCCC/C=C\CCCCCCCC(=O)OC(COC(=O)CCCCCCCCCCC)COC(OCC[N+](C)(C)C)C(=O)[O-]. The normalized spacial score (nSPS) is 13.2. The van der Waals surface area contributed by atoms with Crippen molar-refractivity contribution in [2.24, 2.45) is 0 Å². The molecule has 45 heavy (non-hydrogen) atoms. The lowest BCUT2D eigenvalue weighted by Crippen LogP contribution is -2.44. The molecule has 2 atom stereocenters. The number of carbonyl (C=O) groups is 3. The zero-order chi connectivity index (χ0) is 33.6. The van der Waals surface area contributed by atoms with Crippen LogP contribution in [-0.4, -0.2) is 82.3 Å². The number of quaternary nitrogens is 1. The lowest BCUT2D eigenvalue weighted by Gasteiger charge is -2.26. The van der Waals surface area contributed by atoms with Crippen molar-refractivity contribution >= 4 is 17.9 Å². The van der Waals surface area contributed by atoms with E-state index < -0.39 is 24.3 Å². The number of rotatable bonds is 32. The maximum Gasteiger partial charge on any atom is 0.306 e. The standard InChI is InChI=1S/C36H67NO8/c1-6-8-10-12-14-16-17-19-21-23-25-27-34(39)45-32(31-44-36(35(40)41)42-29-28-37(3,4)5)30-43-33(38)26-24-22-20-18-15-13-11-9-7-2/h12,14,32,36H,6-11,13,15-31H2,1-5H3/b14-12-. The van der Waals surface area contributed by atoms with Crippen LogP contribution in [0.2, 0.25) is 0 Å².